The number of furan rings is 1. The number of hydrogen-bond acceptors (Lipinski definition) is 3. The number of nitrogens with one attached hydrogen (secondary N) is 1. The van der Waals surface area contributed by atoms with E-state index in [9.17, 15) is 0 Å². The van der Waals surface area contributed by atoms with E-state index in [1.54, 1.807) is 0 Å². The van der Waals surface area contributed by atoms with Crippen LogP contribution in [0.5, 0.6) is 5.75 Å². The van der Waals surface area contributed by atoms with Crippen LogP contribution in [0.25, 0.3) is 11.0 Å². The van der Waals surface area contributed by atoms with Crippen LogP contribution >= 0.6 is 0 Å². The molecule has 1 aromatic carbocycles. The Kier molecular flexibility index (Phi) is 3.69. The number of hydrogen-bond donors (Lipinski definition) is 1. The molecular weight excluding hydrogens is 214 g/mol. The van der Waals surface area contributed by atoms with Crippen LogP contribution in [0.3, 0.4) is 0 Å². The lowest BCUT2D eigenvalue weighted by molar-refractivity contribution is 0.318. The Balaban J connectivity index is 2.35. The van der Waals surface area contributed by atoms with Crippen LogP contribution in [0.1, 0.15) is 24.7 Å². The smallest absolute Gasteiger partial charge is 0.134 e. The first kappa shape index (κ1) is 12.0. The monoisotopic (exact) mass is 233 g/mol. The topological polar surface area (TPSA) is 34.4 Å². The van der Waals surface area contributed by atoms with Crippen molar-refractivity contribution in [1.82, 2.24) is 5.32 Å². The van der Waals surface area contributed by atoms with Gasteiger partial charge < -0.3 is 14.5 Å². The van der Waals surface area contributed by atoms with Crippen molar-refractivity contribution in [2.75, 3.05) is 13.7 Å². The molecule has 0 atom stereocenters. The van der Waals surface area contributed by atoms with Crippen molar-refractivity contribution < 1.29 is 9.15 Å². The zero-order valence-electron chi connectivity index (χ0n) is 10.7. The Labute approximate surface area is 102 Å². The second-order valence-corrected chi connectivity index (χ2v) is 4.19. The number of ether oxygens (including phenoxy) is 1. The molecule has 0 amide bonds. The van der Waals surface area contributed by atoms with Crippen molar-refractivity contribution in [3.8, 4) is 5.75 Å². The molecule has 1 heterocycles. The molecule has 92 valence electrons. The average Bonchev–Trinajstić information content (AvgIpc) is 2.65. The second kappa shape index (κ2) is 5.23. The molecule has 0 fully saturated rings. The normalized spacial score (nSPS) is 11.0. The summed E-state index contributed by atoms with van der Waals surface area (Å²) in [7, 11) is 1.92. The summed E-state index contributed by atoms with van der Waals surface area (Å²) in [6.45, 7) is 5.70. The molecule has 2 rings (SSSR count). The van der Waals surface area contributed by atoms with Gasteiger partial charge in [0.15, 0.2) is 0 Å². The number of fused-ring (bicyclic) bond motifs is 1. The van der Waals surface area contributed by atoms with E-state index in [-0.39, 0.29) is 0 Å². The van der Waals surface area contributed by atoms with Crippen LogP contribution in [0, 0.1) is 6.92 Å². The van der Waals surface area contributed by atoms with Gasteiger partial charge in [0.2, 0.25) is 0 Å². The first-order chi connectivity index (χ1) is 8.26. The predicted octanol–water partition coefficient (Wildman–Crippen LogP) is 3.25. The van der Waals surface area contributed by atoms with Gasteiger partial charge in [0.25, 0.3) is 0 Å². The molecule has 0 spiro atoms. The van der Waals surface area contributed by atoms with Gasteiger partial charge in [0.05, 0.1) is 13.2 Å². The van der Waals surface area contributed by atoms with E-state index in [1.165, 1.54) is 5.56 Å². The van der Waals surface area contributed by atoms with Crippen molar-refractivity contribution in [2.24, 2.45) is 0 Å². The van der Waals surface area contributed by atoms with E-state index < -0.39 is 0 Å². The molecule has 0 bridgehead atoms. The summed E-state index contributed by atoms with van der Waals surface area (Å²) in [6.07, 6.45) is 1.02. The lowest BCUT2D eigenvalue weighted by Crippen LogP contribution is -2.04. The third-order valence-corrected chi connectivity index (χ3v) is 2.82. The minimum Gasteiger partial charge on any atom is -0.494 e. The fourth-order valence-corrected chi connectivity index (χ4v) is 1.89. The SMILES string of the molecule is CCCOc1ccc2oc(CNC)c(C)c2c1. The maximum absolute atomic E-state index is 5.78. The van der Waals surface area contributed by atoms with Gasteiger partial charge in [0, 0.05) is 5.39 Å². The summed E-state index contributed by atoms with van der Waals surface area (Å²) < 4.78 is 11.4. The predicted molar refractivity (Wildman–Crippen MR) is 69.5 cm³/mol. The second-order valence-electron chi connectivity index (χ2n) is 4.19. The highest BCUT2D eigenvalue weighted by Crippen LogP contribution is 2.28. The molecule has 0 saturated carbocycles. The van der Waals surface area contributed by atoms with Crippen molar-refractivity contribution in [3.05, 3.63) is 29.5 Å². The van der Waals surface area contributed by atoms with Crippen LogP contribution in [0.4, 0.5) is 0 Å². The first-order valence-electron chi connectivity index (χ1n) is 6.05. The van der Waals surface area contributed by atoms with E-state index in [0.717, 1.165) is 42.1 Å². The van der Waals surface area contributed by atoms with Gasteiger partial charge in [-0.05, 0) is 44.2 Å². The van der Waals surface area contributed by atoms with E-state index in [4.69, 9.17) is 9.15 Å². The Morgan fingerprint density at radius 3 is 2.88 bits per heavy atom. The van der Waals surface area contributed by atoms with Gasteiger partial charge in [0.1, 0.15) is 17.1 Å². The minimum atomic E-state index is 0.756. The molecule has 3 nitrogen and oxygen atoms in total. The fourth-order valence-electron chi connectivity index (χ4n) is 1.89. The fraction of sp³-hybridized carbons (Fsp3) is 0.429. The summed E-state index contributed by atoms with van der Waals surface area (Å²) in [5.41, 5.74) is 2.12. The number of rotatable bonds is 5. The number of aryl methyl sites for hydroxylation is 1. The zero-order chi connectivity index (χ0) is 12.3. The lowest BCUT2D eigenvalue weighted by Gasteiger charge is -2.03. The van der Waals surface area contributed by atoms with E-state index in [1.807, 2.05) is 19.2 Å². The average molecular weight is 233 g/mol. The van der Waals surface area contributed by atoms with Gasteiger partial charge in [-0.1, -0.05) is 6.92 Å². The van der Waals surface area contributed by atoms with Crippen molar-refractivity contribution in [3.63, 3.8) is 0 Å². The minimum absolute atomic E-state index is 0.756. The van der Waals surface area contributed by atoms with Crippen LogP contribution in [0.2, 0.25) is 0 Å². The quantitative estimate of drug-likeness (QED) is 0.860. The molecule has 0 radical (unpaired) electrons. The van der Waals surface area contributed by atoms with Crippen molar-refractivity contribution >= 4 is 11.0 Å². The Morgan fingerprint density at radius 2 is 2.18 bits per heavy atom. The highest BCUT2D eigenvalue weighted by Gasteiger charge is 2.10. The molecule has 17 heavy (non-hydrogen) atoms. The van der Waals surface area contributed by atoms with Crippen LogP contribution < -0.4 is 10.1 Å². The molecule has 2 aromatic rings. The molecule has 0 unspecified atom stereocenters. The first-order valence-corrected chi connectivity index (χ1v) is 6.05. The van der Waals surface area contributed by atoms with Gasteiger partial charge in [-0.2, -0.15) is 0 Å². The standard InChI is InChI=1S/C14H19NO2/c1-4-7-16-11-5-6-13-12(8-11)10(2)14(17-13)9-15-3/h5-6,8,15H,4,7,9H2,1-3H3. The van der Waals surface area contributed by atoms with Gasteiger partial charge in [-0.3, -0.25) is 0 Å². The zero-order valence-corrected chi connectivity index (χ0v) is 10.7. The summed E-state index contributed by atoms with van der Waals surface area (Å²) >= 11 is 0. The molecule has 0 saturated heterocycles. The van der Waals surface area contributed by atoms with E-state index in [0.29, 0.717) is 0 Å². The molecular formula is C14H19NO2. The molecule has 0 aliphatic rings. The molecule has 1 N–H and O–H groups in total. The molecule has 3 heteroatoms. The van der Waals surface area contributed by atoms with Gasteiger partial charge in [-0.15, -0.1) is 0 Å². The lowest BCUT2D eigenvalue weighted by atomic mass is 10.1. The summed E-state index contributed by atoms with van der Waals surface area (Å²) in [5.74, 6) is 1.91. The summed E-state index contributed by atoms with van der Waals surface area (Å²) in [6, 6.07) is 6.00. The highest BCUT2D eigenvalue weighted by molar-refractivity contribution is 5.83. The Morgan fingerprint density at radius 1 is 1.35 bits per heavy atom. The maximum atomic E-state index is 5.78. The Bertz CT molecular complexity index is 502. The highest BCUT2D eigenvalue weighted by atomic mass is 16.5. The summed E-state index contributed by atoms with van der Waals surface area (Å²) in [4.78, 5) is 0. The number of benzene rings is 1. The van der Waals surface area contributed by atoms with E-state index >= 15 is 0 Å². The molecule has 1 aromatic heterocycles. The molecule has 0 aliphatic heterocycles. The third-order valence-electron chi connectivity index (χ3n) is 2.82. The summed E-state index contributed by atoms with van der Waals surface area (Å²) in [5, 5.41) is 4.25. The Hall–Kier alpha value is -1.48. The van der Waals surface area contributed by atoms with Gasteiger partial charge in [-0.25, -0.2) is 0 Å². The van der Waals surface area contributed by atoms with E-state index in [2.05, 4.69) is 25.2 Å². The molecule has 0 aliphatic carbocycles. The van der Waals surface area contributed by atoms with Gasteiger partial charge >= 0.3 is 0 Å². The largest absolute Gasteiger partial charge is 0.494 e. The maximum Gasteiger partial charge on any atom is 0.134 e. The van der Waals surface area contributed by atoms with Crippen molar-refractivity contribution in [2.45, 2.75) is 26.8 Å². The van der Waals surface area contributed by atoms with Crippen LogP contribution in [-0.4, -0.2) is 13.7 Å². The van der Waals surface area contributed by atoms with Crippen LogP contribution in [-0.2, 0) is 6.54 Å². The third kappa shape index (κ3) is 2.44. The van der Waals surface area contributed by atoms with Crippen molar-refractivity contribution in [1.29, 1.82) is 0 Å². The van der Waals surface area contributed by atoms with Crippen LogP contribution in [0.15, 0.2) is 22.6 Å².